The fourth-order valence-corrected chi connectivity index (χ4v) is 3.65. The Morgan fingerprint density at radius 2 is 1.60 bits per heavy atom. The van der Waals surface area contributed by atoms with Gasteiger partial charge in [-0.1, -0.05) is 78.9 Å². The zero-order valence-corrected chi connectivity index (χ0v) is 16.3. The monoisotopic (exact) mass is 394 g/mol. The van der Waals surface area contributed by atoms with Gasteiger partial charge in [-0.05, 0) is 6.07 Å². The summed E-state index contributed by atoms with van der Waals surface area (Å²) in [6, 6.07) is 27.4. The maximum atomic E-state index is 12.5. The molecule has 0 fully saturated rings. The van der Waals surface area contributed by atoms with Crippen molar-refractivity contribution in [3.05, 3.63) is 109 Å². The highest BCUT2D eigenvalue weighted by Gasteiger charge is 2.19. The quantitative estimate of drug-likeness (QED) is 0.314. The first kappa shape index (κ1) is 18.1. The number of hydrogen-bond acceptors (Lipinski definition) is 3. The molecule has 146 valence electrons. The molecular weight excluding hydrogens is 374 g/mol. The summed E-state index contributed by atoms with van der Waals surface area (Å²) in [6.45, 7) is 0.801. The molecule has 5 rings (SSSR count). The number of carbonyl (C=O) groups is 1. The van der Waals surface area contributed by atoms with Crippen LogP contribution in [0.25, 0.3) is 22.3 Å². The number of Topliss-reactive ketones (excluding diaryl/α,β-unsaturated/α-hetero) is 1. The Labute approximate surface area is 173 Å². The highest BCUT2D eigenvalue weighted by molar-refractivity contribution is 5.95. The molecule has 0 N–H and O–H groups in total. The molecule has 30 heavy (non-hydrogen) atoms. The van der Waals surface area contributed by atoms with Crippen molar-refractivity contribution in [1.82, 2.24) is 9.78 Å². The van der Waals surface area contributed by atoms with Gasteiger partial charge in [0, 0.05) is 27.2 Å². The summed E-state index contributed by atoms with van der Waals surface area (Å²) in [6.07, 6.45) is 3.54. The van der Waals surface area contributed by atoms with Gasteiger partial charge < -0.3 is 4.42 Å². The van der Waals surface area contributed by atoms with Crippen LogP contribution in [0.4, 0.5) is 0 Å². The van der Waals surface area contributed by atoms with Crippen LogP contribution in [-0.4, -0.2) is 15.6 Å². The second kappa shape index (κ2) is 7.79. The molecule has 0 bridgehead atoms. The van der Waals surface area contributed by atoms with Gasteiger partial charge in [-0.25, -0.2) is 4.57 Å². The van der Waals surface area contributed by atoms with Crippen molar-refractivity contribution >= 4 is 16.8 Å². The summed E-state index contributed by atoms with van der Waals surface area (Å²) in [7, 11) is 0. The Morgan fingerprint density at radius 1 is 0.900 bits per heavy atom. The second-order valence-electron chi connectivity index (χ2n) is 7.18. The number of furan rings is 1. The molecule has 0 atom stereocenters. The number of nitrogens with zero attached hydrogens (tertiary/aromatic N) is 3. The van der Waals surface area contributed by atoms with Gasteiger partial charge in [0.25, 0.3) is 6.33 Å². The number of aromatic nitrogens is 3. The average molecular weight is 394 g/mol. The maximum Gasteiger partial charge on any atom is 0.265 e. The van der Waals surface area contributed by atoms with Gasteiger partial charge in [-0.3, -0.25) is 4.79 Å². The summed E-state index contributed by atoms with van der Waals surface area (Å²) in [5, 5.41) is 5.53. The van der Waals surface area contributed by atoms with Gasteiger partial charge in [0.15, 0.2) is 5.78 Å². The number of benzene rings is 3. The molecule has 5 nitrogen and oxygen atoms in total. The van der Waals surface area contributed by atoms with E-state index in [9.17, 15) is 4.79 Å². The number of hydrogen-bond donors (Lipinski definition) is 0. The van der Waals surface area contributed by atoms with E-state index in [1.807, 2.05) is 89.9 Å². The third-order valence-corrected chi connectivity index (χ3v) is 5.11. The Balaban J connectivity index is 1.45. The van der Waals surface area contributed by atoms with Crippen molar-refractivity contribution in [3.8, 4) is 11.3 Å². The van der Waals surface area contributed by atoms with Crippen molar-refractivity contribution in [2.75, 3.05) is 0 Å². The van der Waals surface area contributed by atoms with Crippen molar-refractivity contribution in [2.45, 2.75) is 13.1 Å². The molecule has 0 spiro atoms. The van der Waals surface area contributed by atoms with Gasteiger partial charge in [0.05, 0.1) is 0 Å². The van der Waals surface area contributed by atoms with E-state index in [0.717, 1.165) is 27.9 Å². The number of rotatable bonds is 6. The van der Waals surface area contributed by atoms with Gasteiger partial charge in [0.1, 0.15) is 24.4 Å². The summed E-state index contributed by atoms with van der Waals surface area (Å²) < 4.78 is 9.83. The molecule has 0 radical (unpaired) electrons. The van der Waals surface area contributed by atoms with E-state index in [-0.39, 0.29) is 12.3 Å². The smallest absolute Gasteiger partial charge is 0.265 e. The first-order valence-corrected chi connectivity index (χ1v) is 9.83. The number of carbonyl (C=O) groups excluding carboxylic acids is 1. The van der Waals surface area contributed by atoms with E-state index in [0.29, 0.717) is 12.1 Å². The van der Waals surface area contributed by atoms with E-state index in [4.69, 9.17) is 4.42 Å². The Hall–Kier alpha value is -3.99. The van der Waals surface area contributed by atoms with Crippen LogP contribution in [0, 0.1) is 0 Å². The number of fused-ring (bicyclic) bond motifs is 1. The topological polar surface area (TPSA) is 51.9 Å². The molecule has 3 aromatic carbocycles. The highest BCUT2D eigenvalue weighted by atomic mass is 16.3. The molecule has 2 aromatic heterocycles. The summed E-state index contributed by atoms with van der Waals surface area (Å²) >= 11 is 0. The highest BCUT2D eigenvalue weighted by Crippen LogP contribution is 2.33. The molecule has 0 saturated heterocycles. The van der Waals surface area contributed by atoms with Crippen LogP contribution in [0.3, 0.4) is 0 Å². The largest absolute Gasteiger partial charge is 0.456 e. The molecular formula is C25H20N3O2+. The molecule has 0 aliphatic carbocycles. The number of ketones is 1. The minimum absolute atomic E-state index is 0.0545. The molecule has 2 heterocycles. The zero-order valence-electron chi connectivity index (χ0n) is 16.3. The van der Waals surface area contributed by atoms with E-state index in [1.54, 1.807) is 10.9 Å². The fraction of sp³-hybridized carbons (Fsp3) is 0.0800. The third kappa shape index (κ3) is 3.53. The first-order valence-electron chi connectivity index (χ1n) is 9.83. The molecule has 0 saturated carbocycles. The van der Waals surface area contributed by atoms with E-state index < -0.39 is 0 Å². The average Bonchev–Trinajstić information content (AvgIpc) is 3.40. The van der Waals surface area contributed by atoms with E-state index in [1.165, 1.54) is 0 Å². The minimum atomic E-state index is 0.0545. The van der Waals surface area contributed by atoms with Gasteiger partial charge in [-0.2, -0.15) is 0 Å². The lowest BCUT2D eigenvalue weighted by atomic mass is 10.1. The number of para-hydroxylation sites is 1. The fourth-order valence-electron chi connectivity index (χ4n) is 3.65. The van der Waals surface area contributed by atoms with E-state index >= 15 is 0 Å². The summed E-state index contributed by atoms with van der Waals surface area (Å²) in [4.78, 5) is 12.5. The predicted octanol–water partition coefficient (Wildman–Crippen LogP) is 4.52. The lowest BCUT2D eigenvalue weighted by Gasteiger charge is -2.01. The lowest BCUT2D eigenvalue weighted by Crippen LogP contribution is -2.35. The zero-order chi connectivity index (χ0) is 20.3. The molecule has 0 aliphatic rings. The van der Waals surface area contributed by atoms with Crippen LogP contribution in [0.2, 0.25) is 0 Å². The first-order chi connectivity index (χ1) is 14.8. The maximum absolute atomic E-state index is 12.5. The van der Waals surface area contributed by atoms with Crippen LogP contribution in [0.15, 0.2) is 102 Å². The van der Waals surface area contributed by atoms with E-state index in [2.05, 4.69) is 11.2 Å². The van der Waals surface area contributed by atoms with Crippen molar-refractivity contribution < 1.29 is 13.8 Å². The Morgan fingerprint density at radius 3 is 2.40 bits per heavy atom. The lowest BCUT2D eigenvalue weighted by molar-refractivity contribution is -0.683. The SMILES string of the molecule is O=C(C[n+]1cnn(Cc2c(-c3ccccc3)oc3ccccc23)c1)c1ccccc1. The van der Waals surface area contributed by atoms with Crippen molar-refractivity contribution in [1.29, 1.82) is 0 Å². The van der Waals surface area contributed by atoms with Crippen LogP contribution in [0.5, 0.6) is 0 Å². The third-order valence-electron chi connectivity index (χ3n) is 5.11. The van der Waals surface area contributed by atoms with Gasteiger partial charge in [-0.15, -0.1) is 4.68 Å². The standard InChI is InChI=1S/C25H20N3O2/c29-23(19-9-3-1-4-10-19)16-27-17-26-28(18-27)15-22-21-13-7-8-14-24(21)30-25(22)20-11-5-2-6-12-20/h1-14,17-18H,15-16H2/q+1. The van der Waals surface area contributed by atoms with Crippen LogP contribution in [-0.2, 0) is 13.1 Å². The summed E-state index contributed by atoms with van der Waals surface area (Å²) in [5.41, 5.74) is 3.65. The Bertz CT molecular complexity index is 1300. The van der Waals surface area contributed by atoms with Crippen LogP contribution < -0.4 is 4.57 Å². The second-order valence-corrected chi connectivity index (χ2v) is 7.18. The molecule has 0 amide bonds. The molecule has 5 heteroatoms. The predicted molar refractivity (Wildman–Crippen MR) is 114 cm³/mol. The van der Waals surface area contributed by atoms with Crippen LogP contribution in [0.1, 0.15) is 15.9 Å². The molecule has 0 aliphatic heterocycles. The van der Waals surface area contributed by atoms with Crippen LogP contribution >= 0.6 is 0 Å². The Kier molecular flexibility index (Phi) is 4.69. The normalized spacial score (nSPS) is 11.1. The minimum Gasteiger partial charge on any atom is -0.456 e. The van der Waals surface area contributed by atoms with Gasteiger partial charge in [0.2, 0.25) is 6.33 Å². The molecule has 0 unspecified atom stereocenters. The van der Waals surface area contributed by atoms with Crippen molar-refractivity contribution in [3.63, 3.8) is 0 Å². The molecule has 5 aromatic rings. The van der Waals surface area contributed by atoms with Gasteiger partial charge >= 0.3 is 0 Å². The van der Waals surface area contributed by atoms with Crippen molar-refractivity contribution in [2.24, 2.45) is 0 Å². The summed E-state index contributed by atoms with van der Waals surface area (Å²) in [5.74, 6) is 0.901.